The average molecular weight is 156 g/mol. The molecule has 0 amide bonds. The van der Waals surface area contributed by atoms with E-state index in [0.29, 0.717) is 5.69 Å². The number of nitrogens with zero attached hydrogens (tertiary/aromatic N) is 1. The summed E-state index contributed by atoms with van der Waals surface area (Å²) in [6.45, 7) is 0. The second-order valence-corrected chi connectivity index (χ2v) is 3.22. The highest BCUT2D eigenvalue weighted by Gasteiger charge is 1.79. The van der Waals surface area contributed by atoms with Gasteiger partial charge in [0, 0.05) is 5.38 Å². The van der Waals surface area contributed by atoms with Crippen LogP contribution in [-0.2, 0) is 0 Å². The minimum atomic E-state index is 0.598. The molecule has 1 N–H and O–H groups in total. The molecule has 46 valence electrons. The van der Waals surface area contributed by atoms with Crippen LogP contribution in [0, 0.1) is 11.3 Å². The Kier molecular flexibility index (Phi) is 2.31. The van der Waals surface area contributed by atoms with E-state index in [-0.39, 0.29) is 0 Å². The van der Waals surface area contributed by atoms with Gasteiger partial charge in [0.2, 0.25) is 0 Å². The molecule has 0 aliphatic rings. The lowest BCUT2D eigenvalue weighted by atomic mass is 10.5. The SMILES string of the molecule is N#Cc1cccss[nH]1. The van der Waals surface area contributed by atoms with Gasteiger partial charge in [0.15, 0.2) is 0 Å². The van der Waals surface area contributed by atoms with E-state index in [0.717, 1.165) is 0 Å². The smallest absolute Gasteiger partial charge is 0.127 e. The highest BCUT2D eigenvalue weighted by atomic mass is 32.9. The monoisotopic (exact) mass is 156 g/mol. The number of aromatic nitrogens is 1. The van der Waals surface area contributed by atoms with E-state index in [2.05, 4.69) is 4.37 Å². The lowest BCUT2D eigenvalue weighted by molar-refractivity contribution is 1.40. The van der Waals surface area contributed by atoms with E-state index in [1.807, 2.05) is 17.5 Å². The minimum absolute atomic E-state index is 0.598. The van der Waals surface area contributed by atoms with Crippen molar-refractivity contribution in [2.75, 3.05) is 0 Å². The first-order valence-corrected chi connectivity index (χ1v) is 4.50. The van der Waals surface area contributed by atoms with E-state index in [9.17, 15) is 0 Å². The molecule has 1 heterocycles. The fraction of sp³-hybridized carbons (Fsp3) is 0. The Labute approximate surface area is 60.2 Å². The summed E-state index contributed by atoms with van der Waals surface area (Å²) in [6, 6.07) is 5.60. The fourth-order valence-electron chi connectivity index (χ4n) is 0.358. The van der Waals surface area contributed by atoms with Crippen LogP contribution >= 0.6 is 20.9 Å². The number of hydrogen-bond acceptors (Lipinski definition) is 3. The van der Waals surface area contributed by atoms with Gasteiger partial charge in [0.25, 0.3) is 0 Å². The molecule has 1 rings (SSSR count). The quantitative estimate of drug-likeness (QED) is 0.574. The number of nitriles is 1. The Morgan fingerprint density at radius 1 is 1.67 bits per heavy atom. The summed E-state index contributed by atoms with van der Waals surface area (Å²) in [6.07, 6.45) is 0. The molecule has 2 nitrogen and oxygen atoms in total. The summed E-state index contributed by atoms with van der Waals surface area (Å²) >= 11 is 0. The van der Waals surface area contributed by atoms with Crippen LogP contribution in [0.2, 0.25) is 0 Å². The molecule has 0 aliphatic heterocycles. The van der Waals surface area contributed by atoms with Crippen LogP contribution < -0.4 is 0 Å². The lowest BCUT2D eigenvalue weighted by Crippen LogP contribution is -1.67. The Hall–Kier alpha value is -0.790. The highest BCUT2D eigenvalue weighted by molar-refractivity contribution is 7.65. The van der Waals surface area contributed by atoms with Gasteiger partial charge in [-0.05, 0) is 22.7 Å². The number of aromatic amines is 1. The molecule has 0 spiro atoms. The normalized spacial score (nSPS) is 7.89. The van der Waals surface area contributed by atoms with Crippen molar-refractivity contribution in [2.24, 2.45) is 0 Å². The maximum Gasteiger partial charge on any atom is 0.127 e. The molecule has 0 aliphatic carbocycles. The predicted octanol–water partition coefficient (Wildman–Crippen LogP) is 2.13. The summed E-state index contributed by atoms with van der Waals surface area (Å²) in [5.74, 6) is 0. The molecule has 4 heteroatoms. The molecule has 9 heavy (non-hydrogen) atoms. The van der Waals surface area contributed by atoms with Gasteiger partial charge in [-0.2, -0.15) is 5.26 Å². The van der Waals surface area contributed by atoms with Crippen molar-refractivity contribution < 1.29 is 0 Å². The van der Waals surface area contributed by atoms with Crippen molar-refractivity contribution in [3.05, 3.63) is 23.2 Å². The maximum atomic E-state index is 8.38. The Bertz CT molecular complexity index is 230. The Morgan fingerprint density at radius 3 is 3.33 bits per heavy atom. The highest BCUT2D eigenvalue weighted by Crippen LogP contribution is 1.99. The van der Waals surface area contributed by atoms with Crippen LogP contribution in [-0.4, -0.2) is 4.37 Å². The zero-order valence-corrected chi connectivity index (χ0v) is 6.13. The molecule has 0 saturated heterocycles. The average Bonchev–Trinajstić information content (AvgIpc) is 2.13. The summed E-state index contributed by atoms with van der Waals surface area (Å²) in [5.41, 5.74) is 0.598. The third-order valence-corrected chi connectivity index (χ3v) is 2.26. The first kappa shape index (κ1) is 6.33. The first-order chi connectivity index (χ1) is 4.43. The number of nitrogens with one attached hydrogen (secondary N) is 1. The van der Waals surface area contributed by atoms with Gasteiger partial charge in [0.05, 0.1) is 0 Å². The topological polar surface area (TPSA) is 39.6 Å². The van der Waals surface area contributed by atoms with E-state index in [4.69, 9.17) is 5.26 Å². The fourth-order valence-corrected chi connectivity index (χ4v) is 1.58. The van der Waals surface area contributed by atoms with E-state index < -0.39 is 0 Å². The third-order valence-electron chi connectivity index (χ3n) is 0.717. The molecule has 0 radical (unpaired) electrons. The van der Waals surface area contributed by atoms with Gasteiger partial charge in [-0.15, -0.1) is 0 Å². The second-order valence-electron chi connectivity index (χ2n) is 1.30. The predicted molar refractivity (Wildman–Crippen MR) is 38.9 cm³/mol. The van der Waals surface area contributed by atoms with Crippen LogP contribution in [0.25, 0.3) is 0 Å². The summed E-state index contributed by atoms with van der Waals surface area (Å²) in [5, 5.41) is 10.3. The minimum Gasteiger partial charge on any atom is -0.293 e. The molecule has 1 aromatic heterocycles. The molecule has 0 aromatic carbocycles. The van der Waals surface area contributed by atoms with Gasteiger partial charge >= 0.3 is 0 Å². The van der Waals surface area contributed by atoms with Crippen LogP contribution in [0.4, 0.5) is 0 Å². The molecule has 0 atom stereocenters. The zero-order valence-electron chi connectivity index (χ0n) is 4.50. The summed E-state index contributed by atoms with van der Waals surface area (Å²) < 4.78 is 2.85. The number of rotatable bonds is 0. The van der Waals surface area contributed by atoms with Crippen molar-refractivity contribution >= 4 is 20.9 Å². The van der Waals surface area contributed by atoms with Crippen molar-refractivity contribution in [1.29, 1.82) is 5.26 Å². The molecule has 0 bridgehead atoms. The molecule has 1 aromatic rings. The van der Waals surface area contributed by atoms with Gasteiger partial charge in [0.1, 0.15) is 11.8 Å². The molecule has 0 saturated carbocycles. The number of H-pyrrole nitrogens is 1. The molecule has 0 unspecified atom stereocenters. The largest absolute Gasteiger partial charge is 0.293 e. The van der Waals surface area contributed by atoms with E-state index in [1.165, 1.54) is 10.5 Å². The molecule has 0 fully saturated rings. The van der Waals surface area contributed by atoms with Crippen molar-refractivity contribution in [1.82, 2.24) is 4.37 Å². The summed E-state index contributed by atoms with van der Waals surface area (Å²) in [4.78, 5) is 0. The maximum absolute atomic E-state index is 8.38. The van der Waals surface area contributed by atoms with Crippen molar-refractivity contribution in [3.8, 4) is 6.07 Å². The van der Waals surface area contributed by atoms with Crippen LogP contribution in [0.1, 0.15) is 5.69 Å². The van der Waals surface area contributed by atoms with E-state index >= 15 is 0 Å². The molecular weight excluding hydrogens is 152 g/mol. The number of hydrogen-bond donors (Lipinski definition) is 1. The van der Waals surface area contributed by atoms with Crippen LogP contribution in [0.15, 0.2) is 17.5 Å². The van der Waals surface area contributed by atoms with Gasteiger partial charge in [-0.25, -0.2) is 0 Å². The lowest BCUT2D eigenvalue weighted by Gasteiger charge is -1.72. The van der Waals surface area contributed by atoms with Crippen LogP contribution in [0.5, 0.6) is 0 Å². The van der Waals surface area contributed by atoms with Crippen molar-refractivity contribution in [2.45, 2.75) is 0 Å². The van der Waals surface area contributed by atoms with Gasteiger partial charge in [-0.1, -0.05) is 10.3 Å². The Morgan fingerprint density at radius 2 is 2.56 bits per heavy atom. The zero-order chi connectivity index (χ0) is 6.53. The van der Waals surface area contributed by atoms with Crippen LogP contribution in [0.3, 0.4) is 0 Å². The van der Waals surface area contributed by atoms with E-state index in [1.54, 1.807) is 16.4 Å². The van der Waals surface area contributed by atoms with Gasteiger partial charge in [-0.3, -0.25) is 4.37 Å². The second kappa shape index (κ2) is 3.28. The van der Waals surface area contributed by atoms with Crippen molar-refractivity contribution in [3.63, 3.8) is 0 Å². The standard InChI is InChI=1S/C5H4N2S2/c6-4-5-2-1-3-8-9-7-5/h1-3,7H. The van der Waals surface area contributed by atoms with Gasteiger partial charge < -0.3 is 0 Å². The first-order valence-electron chi connectivity index (χ1n) is 2.29. The Balaban J connectivity index is 3.15. The summed E-state index contributed by atoms with van der Waals surface area (Å²) in [7, 11) is 2.99. The molecular formula is C5H4N2S2. The third kappa shape index (κ3) is 1.88.